The largest absolute Gasteiger partial charge is 0.366 e. The molecule has 2 rings (SSSR count). The van der Waals surface area contributed by atoms with Gasteiger partial charge in [0.2, 0.25) is 5.91 Å². The molecule has 2 aromatic rings. The van der Waals surface area contributed by atoms with Crippen LogP contribution in [-0.4, -0.2) is 18.4 Å². The number of hydrogen-bond acceptors (Lipinski definition) is 2. The van der Waals surface area contributed by atoms with Gasteiger partial charge < -0.3 is 11.1 Å². The van der Waals surface area contributed by atoms with Crippen LogP contribution in [0.2, 0.25) is 0 Å². The van der Waals surface area contributed by atoms with Crippen LogP contribution in [0.1, 0.15) is 33.2 Å². The highest BCUT2D eigenvalue weighted by atomic mass is 16.2. The van der Waals surface area contributed by atoms with Gasteiger partial charge in [0, 0.05) is 17.7 Å². The molecular weight excluding hydrogens is 264 g/mol. The van der Waals surface area contributed by atoms with Crippen molar-refractivity contribution in [3.05, 3.63) is 59.2 Å². The first kappa shape index (κ1) is 14.8. The van der Waals surface area contributed by atoms with Gasteiger partial charge in [-0.3, -0.25) is 9.59 Å². The Labute approximate surface area is 124 Å². The van der Waals surface area contributed by atoms with Crippen molar-refractivity contribution in [2.24, 2.45) is 5.73 Å². The number of nitrogens with one attached hydrogen (secondary N) is 1. The van der Waals surface area contributed by atoms with E-state index in [0.717, 1.165) is 16.7 Å². The number of benzene rings is 2. The van der Waals surface area contributed by atoms with Crippen LogP contribution in [0, 0.1) is 6.92 Å². The van der Waals surface area contributed by atoms with Gasteiger partial charge >= 0.3 is 0 Å². The minimum absolute atomic E-state index is 0.0903. The number of carbonyl (C=O) groups is 2. The topological polar surface area (TPSA) is 72.2 Å². The molecule has 0 atom stereocenters. The summed E-state index contributed by atoms with van der Waals surface area (Å²) in [5, 5.41) is 2.78. The normalized spacial score (nSPS) is 10.2. The van der Waals surface area contributed by atoms with Crippen LogP contribution in [0.15, 0.2) is 42.5 Å². The van der Waals surface area contributed by atoms with Gasteiger partial charge in [0.25, 0.3) is 5.91 Å². The van der Waals surface area contributed by atoms with Gasteiger partial charge in [-0.05, 0) is 54.8 Å². The van der Waals surface area contributed by atoms with Gasteiger partial charge in [-0.1, -0.05) is 18.2 Å². The summed E-state index contributed by atoms with van der Waals surface area (Å²) in [6.07, 6.45) is 0. The van der Waals surface area contributed by atoms with Gasteiger partial charge in [-0.15, -0.1) is 0 Å². The lowest BCUT2D eigenvalue weighted by molar-refractivity contribution is 0.0954. The van der Waals surface area contributed by atoms with E-state index in [9.17, 15) is 9.59 Å². The smallest absolute Gasteiger partial charge is 0.251 e. The third-order valence-electron chi connectivity index (χ3n) is 3.32. The molecule has 0 saturated carbocycles. The predicted molar refractivity (Wildman–Crippen MR) is 83.1 cm³/mol. The van der Waals surface area contributed by atoms with Crippen LogP contribution in [-0.2, 0) is 0 Å². The molecule has 0 fully saturated rings. The molecule has 3 N–H and O–H groups in total. The van der Waals surface area contributed by atoms with Crippen LogP contribution >= 0.6 is 0 Å². The first-order chi connectivity index (χ1) is 10.0. The van der Waals surface area contributed by atoms with Gasteiger partial charge in [-0.2, -0.15) is 0 Å². The minimum atomic E-state index is -0.450. The van der Waals surface area contributed by atoms with Crippen molar-refractivity contribution < 1.29 is 9.59 Å². The van der Waals surface area contributed by atoms with Gasteiger partial charge in [-0.25, -0.2) is 0 Å². The lowest BCUT2D eigenvalue weighted by Crippen LogP contribution is -2.22. The first-order valence-electron chi connectivity index (χ1n) is 6.82. The minimum Gasteiger partial charge on any atom is -0.366 e. The lowest BCUT2D eigenvalue weighted by Gasteiger charge is -2.10. The van der Waals surface area contributed by atoms with E-state index in [0.29, 0.717) is 17.7 Å². The predicted octanol–water partition coefficient (Wildman–Crippen LogP) is 2.51. The second kappa shape index (κ2) is 6.22. The van der Waals surface area contributed by atoms with Crippen molar-refractivity contribution in [3.63, 3.8) is 0 Å². The Morgan fingerprint density at radius 3 is 2.24 bits per heavy atom. The fraction of sp³-hybridized carbons (Fsp3) is 0.176. The van der Waals surface area contributed by atoms with Crippen LogP contribution in [0.25, 0.3) is 11.1 Å². The molecule has 0 aromatic heterocycles. The number of primary amides is 1. The molecule has 21 heavy (non-hydrogen) atoms. The Morgan fingerprint density at radius 2 is 1.67 bits per heavy atom. The van der Waals surface area contributed by atoms with E-state index in [1.54, 1.807) is 12.1 Å². The molecule has 2 amide bonds. The maximum atomic E-state index is 11.9. The number of hydrogen-bond donors (Lipinski definition) is 2. The SMILES string of the molecule is CCNC(=O)c1ccc(C)c(-c2ccc(C(N)=O)cc2)c1. The van der Waals surface area contributed by atoms with E-state index in [1.807, 2.05) is 44.2 Å². The van der Waals surface area contributed by atoms with Gasteiger partial charge in [0.1, 0.15) is 0 Å². The van der Waals surface area contributed by atoms with Gasteiger partial charge in [0.05, 0.1) is 0 Å². The van der Waals surface area contributed by atoms with Crippen LogP contribution in [0.4, 0.5) is 0 Å². The summed E-state index contributed by atoms with van der Waals surface area (Å²) < 4.78 is 0. The quantitative estimate of drug-likeness (QED) is 0.904. The van der Waals surface area contributed by atoms with Crippen LogP contribution in [0.5, 0.6) is 0 Å². The summed E-state index contributed by atoms with van der Waals surface area (Å²) in [5.74, 6) is -0.540. The monoisotopic (exact) mass is 282 g/mol. The van der Waals surface area contributed by atoms with Crippen molar-refractivity contribution in [2.75, 3.05) is 6.54 Å². The molecule has 2 aromatic carbocycles. The molecule has 4 nitrogen and oxygen atoms in total. The molecule has 4 heteroatoms. The zero-order valence-corrected chi connectivity index (χ0v) is 12.1. The maximum absolute atomic E-state index is 11.9. The standard InChI is InChI=1S/C17H18N2O2/c1-3-19-17(21)14-5-4-11(2)15(10-14)12-6-8-13(9-7-12)16(18)20/h4-10H,3H2,1-2H3,(H2,18,20)(H,19,21). The summed E-state index contributed by atoms with van der Waals surface area (Å²) in [5.41, 5.74) is 9.31. The number of carbonyl (C=O) groups excluding carboxylic acids is 2. The molecule has 0 aliphatic rings. The van der Waals surface area contributed by atoms with E-state index in [-0.39, 0.29) is 5.91 Å². The average Bonchev–Trinajstić information content (AvgIpc) is 2.48. The van der Waals surface area contributed by atoms with E-state index in [4.69, 9.17) is 5.73 Å². The van der Waals surface area contributed by atoms with E-state index < -0.39 is 5.91 Å². The molecule has 0 saturated heterocycles. The summed E-state index contributed by atoms with van der Waals surface area (Å²) in [7, 11) is 0. The van der Waals surface area contributed by atoms with Crippen LogP contribution < -0.4 is 11.1 Å². The van der Waals surface area contributed by atoms with Crippen molar-refractivity contribution in [2.45, 2.75) is 13.8 Å². The third-order valence-corrected chi connectivity index (χ3v) is 3.32. The zero-order chi connectivity index (χ0) is 15.4. The molecule has 0 aliphatic heterocycles. The van der Waals surface area contributed by atoms with Crippen LogP contribution in [0.3, 0.4) is 0 Å². The van der Waals surface area contributed by atoms with Crippen molar-refractivity contribution in [1.82, 2.24) is 5.32 Å². The lowest BCUT2D eigenvalue weighted by atomic mass is 9.97. The van der Waals surface area contributed by atoms with Crippen molar-refractivity contribution in [1.29, 1.82) is 0 Å². The second-order valence-electron chi connectivity index (χ2n) is 4.83. The highest BCUT2D eigenvalue weighted by Crippen LogP contribution is 2.25. The Hall–Kier alpha value is -2.62. The highest BCUT2D eigenvalue weighted by molar-refractivity contribution is 5.96. The molecule has 0 radical (unpaired) electrons. The van der Waals surface area contributed by atoms with Crippen molar-refractivity contribution in [3.8, 4) is 11.1 Å². The Balaban J connectivity index is 2.40. The summed E-state index contributed by atoms with van der Waals surface area (Å²) in [6.45, 7) is 4.46. The molecule has 0 bridgehead atoms. The van der Waals surface area contributed by atoms with E-state index >= 15 is 0 Å². The molecule has 0 heterocycles. The Kier molecular flexibility index (Phi) is 4.38. The van der Waals surface area contributed by atoms with Crippen molar-refractivity contribution >= 4 is 11.8 Å². The van der Waals surface area contributed by atoms with Gasteiger partial charge in [0.15, 0.2) is 0 Å². The second-order valence-corrected chi connectivity index (χ2v) is 4.83. The summed E-state index contributed by atoms with van der Waals surface area (Å²) in [4.78, 5) is 23.0. The fourth-order valence-corrected chi connectivity index (χ4v) is 2.15. The third kappa shape index (κ3) is 3.28. The van der Waals surface area contributed by atoms with E-state index in [2.05, 4.69) is 5.32 Å². The Morgan fingerprint density at radius 1 is 1.05 bits per heavy atom. The number of aryl methyl sites for hydroxylation is 1. The van der Waals surface area contributed by atoms with E-state index in [1.165, 1.54) is 0 Å². The highest BCUT2D eigenvalue weighted by Gasteiger charge is 2.09. The molecule has 0 spiro atoms. The number of nitrogens with two attached hydrogens (primary N) is 1. The first-order valence-corrected chi connectivity index (χ1v) is 6.82. The number of amides is 2. The molecule has 0 aliphatic carbocycles. The fourth-order valence-electron chi connectivity index (χ4n) is 2.15. The average molecular weight is 282 g/mol. The molecular formula is C17H18N2O2. The molecule has 0 unspecified atom stereocenters. The zero-order valence-electron chi connectivity index (χ0n) is 12.1. The number of rotatable bonds is 4. The molecule has 108 valence electrons. The maximum Gasteiger partial charge on any atom is 0.251 e. The summed E-state index contributed by atoms with van der Waals surface area (Å²) >= 11 is 0. The summed E-state index contributed by atoms with van der Waals surface area (Å²) in [6, 6.07) is 12.6. The Bertz CT molecular complexity index is 676.